The van der Waals surface area contributed by atoms with Gasteiger partial charge in [0.15, 0.2) is 0 Å². The number of fused-ring (bicyclic) bond motifs is 1. The fraction of sp³-hybridized carbons (Fsp3) is 0.190. The van der Waals surface area contributed by atoms with Gasteiger partial charge in [0, 0.05) is 46.8 Å². The van der Waals surface area contributed by atoms with E-state index in [1.54, 1.807) is 35.9 Å². The van der Waals surface area contributed by atoms with Crippen molar-refractivity contribution in [2.24, 2.45) is 12.2 Å². The molecule has 10 heteroatoms. The number of nitrogens with one attached hydrogen (secondary N) is 1. The molecule has 0 saturated carbocycles. The van der Waals surface area contributed by atoms with E-state index < -0.39 is 17.0 Å². The minimum absolute atomic E-state index is 0.0308. The number of nitrogens with zero attached hydrogens (tertiary/aromatic N) is 5. The highest BCUT2D eigenvalue weighted by Gasteiger charge is 2.14. The first-order valence-corrected chi connectivity index (χ1v) is 10.9. The van der Waals surface area contributed by atoms with Crippen molar-refractivity contribution >= 4 is 44.1 Å². The van der Waals surface area contributed by atoms with E-state index in [-0.39, 0.29) is 16.7 Å². The third-order valence-corrected chi connectivity index (χ3v) is 6.05. The number of anilines is 4. The highest BCUT2D eigenvalue weighted by molar-refractivity contribution is 7.89. The van der Waals surface area contributed by atoms with E-state index in [2.05, 4.69) is 20.4 Å². The van der Waals surface area contributed by atoms with Crippen molar-refractivity contribution in [3.63, 3.8) is 0 Å². The van der Waals surface area contributed by atoms with Crippen molar-refractivity contribution in [2.75, 3.05) is 17.2 Å². The molecule has 0 bridgehead atoms. The van der Waals surface area contributed by atoms with Gasteiger partial charge in [-0.1, -0.05) is 6.07 Å². The molecule has 2 heterocycles. The Hall–Kier alpha value is -3.50. The molecule has 0 unspecified atom stereocenters. The van der Waals surface area contributed by atoms with Gasteiger partial charge in [-0.2, -0.15) is 10.1 Å². The third-order valence-electron chi connectivity index (χ3n) is 4.99. The SMILES string of the molecule is [2H][13C]([2H])([2H])N(c1ccc2c(C)n(C)nc2c1)c1ccnc(Nc2ccc(C)c(S(N)(=O)=O)c2)n1. The summed E-state index contributed by atoms with van der Waals surface area (Å²) < 4.78 is 49.7. The highest BCUT2D eigenvalue weighted by atomic mass is 32.2. The summed E-state index contributed by atoms with van der Waals surface area (Å²) in [5.74, 6) is 0.217. The van der Waals surface area contributed by atoms with Crippen molar-refractivity contribution in [3.8, 4) is 0 Å². The van der Waals surface area contributed by atoms with Crippen LogP contribution in [0.1, 0.15) is 15.4 Å². The van der Waals surface area contributed by atoms with Gasteiger partial charge in [-0.15, -0.1) is 0 Å². The lowest BCUT2D eigenvalue weighted by Crippen LogP contribution is -2.14. The molecule has 160 valence electrons. The maximum atomic E-state index is 11.8. The number of hydrogen-bond acceptors (Lipinski definition) is 7. The van der Waals surface area contributed by atoms with Crippen LogP contribution < -0.4 is 15.4 Å². The Morgan fingerprint density at radius 1 is 1.16 bits per heavy atom. The van der Waals surface area contributed by atoms with Gasteiger partial charge < -0.3 is 10.2 Å². The van der Waals surface area contributed by atoms with Crippen LogP contribution in [-0.2, 0) is 17.1 Å². The molecule has 0 aliphatic rings. The number of rotatable bonds is 5. The number of primary sulfonamides is 1. The van der Waals surface area contributed by atoms with Crippen molar-refractivity contribution in [1.29, 1.82) is 0 Å². The lowest BCUT2D eigenvalue weighted by atomic mass is 10.2. The number of aryl methyl sites for hydroxylation is 3. The Balaban J connectivity index is 1.73. The Morgan fingerprint density at radius 3 is 2.71 bits per heavy atom. The summed E-state index contributed by atoms with van der Waals surface area (Å²) >= 11 is 0. The van der Waals surface area contributed by atoms with Crippen LogP contribution in [0.5, 0.6) is 0 Å². The minimum Gasteiger partial charge on any atom is -0.329 e. The van der Waals surface area contributed by atoms with Gasteiger partial charge in [0.2, 0.25) is 16.0 Å². The van der Waals surface area contributed by atoms with E-state index in [0.29, 0.717) is 22.5 Å². The van der Waals surface area contributed by atoms with Gasteiger partial charge in [0.05, 0.1) is 10.4 Å². The number of hydrogen-bond donors (Lipinski definition) is 2. The lowest BCUT2D eigenvalue weighted by molar-refractivity contribution is 0.597. The Morgan fingerprint density at radius 2 is 1.97 bits per heavy atom. The summed E-state index contributed by atoms with van der Waals surface area (Å²) in [7, 11) is -2.09. The van der Waals surface area contributed by atoms with Crippen molar-refractivity contribution < 1.29 is 12.5 Å². The van der Waals surface area contributed by atoms with Crippen LogP contribution in [0.4, 0.5) is 23.1 Å². The van der Waals surface area contributed by atoms with Gasteiger partial charge in [-0.05, 0) is 55.8 Å². The van der Waals surface area contributed by atoms with Crippen LogP contribution in [0.2, 0.25) is 0 Å². The normalized spacial score (nSPS) is 13.5. The molecule has 31 heavy (non-hydrogen) atoms. The molecule has 2 aromatic carbocycles. The van der Waals surface area contributed by atoms with Crippen LogP contribution in [0, 0.1) is 13.8 Å². The molecular formula is C21H23N7O2S. The summed E-state index contributed by atoms with van der Waals surface area (Å²) in [4.78, 5) is 9.60. The van der Waals surface area contributed by atoms with E-state index in [1.165, 1.54) is 18.3 Å². The lowest BCUT2D eigenvalue weighted by Gasteiger charge is -2.19. The summed E-state index contributed by atoms with van der Waals surface area (Å²) in [6.45, 7) is 1.02. The molecule has 0 radical (unpaired) electrons. The first kappa shape index (κ1) is 17.2. The number of aromatic nitrogens is 4. The topological polar surface area (TPSA) is 119 Å². The van der Waals surface area contributed by atoms with Crippen molar-refractivity contribution in [1.82, 2.24) is 19.7 Å². The summed E-state index contributed by atoms with van der Waals surface area (Å²) in [6, 6.07) is 11.3. The maximum Gasteiger partial charge on any atom is 0.238 e. The fourth-order valence-electron chi connectivity index (χ4n) is 3.24. The molecule has 0 saturated heterocycles. The predicted molar refractivity (Wildman–Crippen MR) is 121 cm³/mol. The first-order valence-electron chi connectivity index (χ1n) is 10.8. The fourth-order valence-corrected chi connectivity index (χ4v) is 4.05. The molecule has 2 aromatic heterocycles. The Bertz CT molecular complexity index is 1500. The molecule has 0 spiro atoms. The zero-order valence-corrected chi connectivity index (χ0v) is 18.0. The molecular weight excluding hydrogens is 415 g/mol. The molecule has 0 fully saturated rings. The average molecular weight is 442 g/mol. The number of benzene rings is 2. The van der Waals surface area contributed by atoms with Gasteiger partial charge in [0.25, 0.3) is 0 Å². The van der Waals surface area contributed by atoms with Crippen LogP contribution in [0.15, 0.2) is 53.6 Å². The molecule has 4 rings (SSSR count). The van der Waals surface area contributed by atoms with Gasteiger partial charge in [-0.25, -0.2) is 18.5 Å². The number of nitrogens with two attached hydrogens (primary N) is 1. The molecule has 3 N–H and O–H groups in total. The van der Waals surface area contributed by atoms with Crippen molar-refractivity contribution in [2.45, 2.75) is 18.7 Å². The first-order chi connectivity index (χ1) is 15.8. The molecule has 0 atom stereocenters. The summed E-state index contributed by atoms with van der Waals surface area (Å²) in [6.07, 6.45) is 1.42. The van der Waals surface area contributed by atoms with Crippen molar-refractivity contribution in [3.05, 3.63) is 59.9 Å². The predicted octanol–water partition coefficient (Wildman–Crippen LogP) is 3.14. The Kier molecular flexibility index (Phi) is 4.24. The minimum atomic E-state index is -3.92. The van der Waals surface area contributed by atoms with Crippen LogP contribution >= 0.6 is 0 Å². The average Bonchev–Trinajstić information content (AvgIpc) is 3.01. The maximum absolute atomic E-state index is 11.8. The Labute approximate surface area is 184 Å². The molecule has 0 aliphatic heterocycles. The third kappa shape index (κ3) is 4.07. The van der Waals surface area contributed by atoms with E-state index in [0.717, 1.165) is 16.0 Å². The molecule has 0 amide bonds. The van der Waals surface area contributed by atoms with E-state index in [1.807, 2.05) is 20.0 Å². The zero-order valence-electron chi connectivity index (χ0n) is 20.2. The summed E-state index contributed by atoms with van der Waals surface area (Å²) in [5.41, 5.74) is 2.90. The smallest absolute Gasteiger partial charge is 0.238 e. The standard InChI is InChI=1S/C21H23N7O2S/c1-13-5-6-15(11-19(13)31(22,29)30)24-21-23-10-9-20(25-21)27(3)16-7-8-17-14(2)28(4)26-18(17)12-16/h5-12H,1-4H3,(H2,22,29,30)(H,23,24,25)/i3+1D3. The zero-order chi connectivity index (χ0) is 24.8. The monoisotopic (exact) mass is 441 g/mol. The number of sulfonamides is 1. The molecule has 4 aromatic rings. The van der Waals surface area contributed by atoms with E-state index >= 15 is 0 Å². The second-order valence-corrected chi connectivity index (χ2v) is 8.66. The second-order valence-electron chi connectivity index (χ2n) is 7.13. The molecule has 0 aliphatic carbocycles. The quantitative estimate of drug-likeness (QED) is 0.457. The largest absolute Gasteiger partial charge is 0.329 e. The van der Waals surface area contributed by atoms with Gasteiger partial charge in [-0.3, -0.25) is 4.68 Å². The summed E-state index contributed by atoms with van der Waals surface area (Å²) in [5, 5.41) is 13.6. The van der Waals surface area contributed by atoms with E-state index in [4.69, 9.17) is 9.25 Å². The van der Waals surface area contributed by atoms with Gasteiger partial charge >= 0.3 is 0 Å². The second kappa shape index (κ2) is 7.64. The van der Waals surface area contributed by atoms with Crippen LogP contribution in [0.25, 0.3) is 10.9 Å². The highest BCUT2D eigenvalue weighted by Crippen LogP contribution is 2.28. The van der Waals surface area contributed by atoms with Gasteiger partial charge in [0.1, 0.15) is 5.82 Å². The van der Waals surface area contributed by atoms with Crippen LogP contribution in [-0.4, -0.2) is 35.1 Å². The van der Waals surface area contributed by atoms with E-state index in [9.17, 15) is 8.42 Å². The molecule has 9 nitrogen and oxygen atoms in total. The van der Waals surface area contributed by atoms with Crippen LogP contribution in [0.3, 0.4) is 0 Å².